The smallest absolute Gasteiger partial charge is 0.319 e. The molecule has 2 atom stereocenters. The highest BCUT2D eigenvalue weighted by molar-refractivity contribution is 5.90. The number of rotatable bonds is 6. The van der Waals surface area contributed by atoms with E-state index in [1.807, 2.05) is 11.9 Å². The third-order valence-corrected chi connectivity index (χ3v) is 6.54. The maximum atomic E-state index is 14.9. The van der Waals surface area contributed by atoms with Crippen molar-refractivity contribution >= 4 is 16.7 Å². The average Bonchev–Trinajstić information content (AvgIpc) is 3.03. The first-order valence-electron chi connectivity index (χ1n) is 11.0. The van der Waals surface area contributed by atoms with Crippen LogP contribution in [0.15, 0.2) is 6.20 Å². The molecule has 4 rings (SSSR count). The van der Waals surface area contributed by atoms with Crippen molar-refractivity contribution < 1.29 is 17.9 Å². The van der Waals surface area contributed by atoms with Crippen LogP contribution in [0.5, 0.6) is 6.01 Å². The molecule has 1 unspecified atom stereocenters. The SMILES string of the molecule is Cc1ncc2c(N3CCN(C)[C@@H](CC#N)C3)nc(OCCC3CC(F)(F)CN3C)nc2c1F. The van der Waals surface area contributed by atoms with Crippen molar-refractivity contribution in [3.05, 3.63) is 17.7 Å². The predicted octanol–water partition coefficient (Wildman–Crippen LogP) is 2.61. The van der Waals surface area contributed by atoms with Gasteiger partial charge in [-0.05, 0) is 27.4 Å². The quantitative estimate of drug-likeness (QED) is 0.647. The Kier molecular flexibility index (Phi) is 6.59. The van der Waals surface area contributed by atoms with E-state index in [4.69, 9.17) is 10.00 Å². The number of aromatic nitrogens is 3. The Balaban J connectivity index is 1.59. The number of halogens is 3. The zero-order valence-electron chi connectivity index (χ0n) is 19.1. The number of nitrogens with zero attached hydrogens (tertiary/aromatic N) is 7. The number of alkyl halides is 2. The van der Waals surface area contributed by atoms with Crippen molar-refractivity contribution in [2.75, 3.05) is 51.8 Å². The molecule has 178 valence electrons. The highest BCUT2D eigenvalue weighted by Gasteiger charge is 2.42. The fourth-order valence-corrected chi connectivity index (χ4v) is 4.55. The molecule has 4 heterocycles. The Morgan fingerprint density at radius 2 is 2.00 bits per heavy atom. The van der Waals surface area contributed by atoms with Gasteiger partial charge in [0.1, 0.15) is 11.3 Å². The first kappa shape index (κ1) is 23.4. The zero-order valence-corrected chi connectivity index (χ0v) is 19.1. The van der Waals surface area contributed by atoms with Crippen molar-refractivity contribution in [2.45, 2.75) is 44.2 Å². The van der Waals surface area contributed by atoms with Gasteiger partial charge in [-0.1, -0.05) is 0 Å². The molecule has 0 bridgehead atoms. The summed E-state index contributed by atoms with van der Waals surface area (Å²) < 4.78 is 47.9. The first-order valence-corrected chi connectivity index (χ1v) is 11.0. The number of pyridine rings is 1. The normalized spacial score (nSPS) is 23.7. The van der Waals surface area contributed by atoms with Gasteiger partial charge < -0.3 is 9.64 Å². The van der Waals surface area contributed by atoms with E-state index in [0.29, 0.717) is 37.1 Å². The van der Waals surface area contributed by atoms with Crippen LogP contribution in [0.2, 0.25) is 0 Å². The third kappa shape index (κ3) is 4.96. The van der Waals surface area contributed by atoms with Crippen molar-refractivity contribution in [1.82, 2.24) is 24.8 Å². The van der Waals surface area contributed by atoms with Crippen molar-refractivity contribution in [3.63, 3.8) is 0 Å². The molecular weight excluding hydrogens is 435 g/mol. The third-order valence-electron chi connectivity index (χ3n) is 6.54. The van der Waals surface area contributed by atoms with Gasteiger partial charge in [-0.3, -0.25) is 14.8 Å². The monoisotopic (exact) mass is 463 g/mol. The van der Waals surface area contributed by atoms with Gasteiger partial charge in [0.05, 0.1) is 36.7 Å². The number of likely N-dealkylation sites (N-methyl/N-ethyl adjacent to an activating group) is 1. The number of anilines is 1. The van der Waals surface area contributed by atoms with E-state index in [9.17, 15) is 13.2 Å². The van der Waals surface area contributed by atoms with E-state index in [1.54, 1.807) is 25.1 Å². The van der Waals surface area contributed by atoms with Crippen molar-refractivity contribution in [3.8, 4) is 12.1 Å². The van der Waals surface area contributed by atoms with Crippen LogP contribution < -0.4 is 9.64 Å². The summed E-state index contributed by atoms with van der Waals surface area (Å²) in [5, 5.41) is 9.64. The summed E-state index contributed by atoms with van der Waals surface area (Å²) in [4.78, 5) is 18.7. The molecule has 11 heteroatoms. The van der Waals surface area contributed by atoms with E-state index in [2.05, 4.69) is 25.9 Å². The molecule has 2 fully saturated rings. The molecule has 0 saturated carbocycles. The summed E-state index contributed by atoms with van der Waals surface area (Å²) in [6, 6.07) is 1.93. The van der Waals surface area contributed by atoms with Crippen molar-refractivity contribution in [2.24, 2.45) is 0 Å². The fourth-order valence-electron chi connectivity index (χ4n) is 4.55. The summed E-state index contributed by atoms with van der Waals surface area (Å²) in [5.74, 6) is -2.73. The van der Waals surface area contributed by atoms with Crippen LogP contribution in [0.1, 0.15) is 25.0 Å². The lowest BCUT2D eigenvalue weighted by atomic mass is 10.1. The lowest BCUT2D eigenvalue weighted by Gasteiger charge is -2.39. The minimum atomic E-state index is -2.69. The van der Waals surface area contributed by atoms with Crippen LogP contribution >= 0.6 is 0 Å². The van der Waals surface area contributed by atoms with E-state index >= 15 is 0 Å². The van der Waals surface area contributed by atoms with Crippen molar-refractivity contribution in [1.29, 1.82) is 5.26 Å². The molecule has 0 aliphatic carbocycles. The van der Waals surface area contributed by atoms with Crippen LogP contribution in [-0.4, -0.2) is 89.6 Å². The minimum absolute atomic E-state index is 0.00479. The minimum Gasteiger partial charge on any atom is -0.463 e. The lowest BCUT2D eigenvalue weighted by Crippen LogP contribution is -2.51. The summed E-state index contributed by atoms with van der Waals surface area (Å²) in [7, 11) is 3.65. The highest BCUT2D eigenvalue weighted by Crippen LogP contribution is 2.33. The van der Waals surface area contributed by atoms with Crippen LogP contribution in [0.4, 0.5) is 19.0 Å². The summed E-state index contributed by atoms with van der Waals surface area (Å²) in [6.45, 7) is 3.35. The number of ether oxygens (including phenoxy) is 1. The second-order valence-electron chi connectivity index (χ2n) is 8.96. The molecule has 8 nitrogen and oxygen atoms in total. The zero-order chi connectivity index (χ0) is 23.8. The van der Waals surface area contributed by atoms with Gasteiger partial charge in [0.2, 0.25) is 0 Å². The van der Waals surface area contributed by atoms with Gasteiger partial charge >= 0.3 is 6.01 Å². The number of aryl methyl sites for hydroxylation is 1. The molecule has 2 aromatic rings. The summed E-state index contributed by atoms with van der Waals surface area (Å²) >= 11 is 0. The number of piperazine rings is 1. The average molecular weight is 464 g/mol. The van der Waals surface area contributed by atoms with E-state index in [-0.39, 0.29) is 48.9 Å². The number of likely N-dealkylation sites (tertiary alicyclic amines) is 1. The molecule has 2 aromatic heterocycles. The molecule has 0 amide bonds. The molecule has 0 spiro atoms. The predicted molar refractivity (Wildman–Crippen MR) is 117 cm³/mol. The number of hydrogen-bond donors (Lipinski definition) is 0. The van der Waals surface area contributed by atoms with Gasteiger partial charge in [-0.15, -0.1) is 0 Å². The summed E-state index contributed by atoms with van der Waals surface area (Å²) in [6.07, 6.45) is 2.10. The van der Waals surface area contributed by atoms with Gasteiger partial charge in [-0.25, -0.2) is 13.2 Å². The lowest BCUT2D eigenvalue weighted by molar-refractivity contribution is 0.0139. The number of nitriles is 1. The maximum Gasteiger partial charge on any atom is 0.319 e. The Morgan fingerprint density at radius 1 is 1.21 bits per heavy atom. The highest BCUT2D eigenvalue weighted by atomic mass is 19.3. The molecule has 0 radical (unpaired) electrons. The number of hydrogen-bond acceptors (Lipinski definition) is 8. The van der Waals surface area contributed by atoms with Crippen LogP contribution in [0.25, 0.3) is 10.9 Å². The van der Waals surface area contributed by atoms with Crippen LogP contribution in [0.3, 0.4) is 0 Å². The molecule has 0 aromatic carbocycles. The van der Waals surface area contributed by atoms with E-state index < -0.39 is 11.7 Å². The van der Waals surface area contributed by atoms with Crippen LogP contribution in [-0.2, 0) is 0 Å². The largest absolute Gasteiger partial charge is 0.463 e. The maximum absolute atomic E-state index is 14.9. The van der Waals surface area contributed by atoms with Crippen LogP contribution in [0, 0.1) is 24.1 Å². The molecule has 2 aliphatic rings. The Bertz CT molecular complexity index is 1060. The molecule has 33 heavy (non-hydrogen) atoms. The standard InChI is InChI=1S/C22H28F3N7O/c1-14-18(23)19-17(11-27-14)20(32-8-7-30(2)16(12-32)4-6-26)29-21(28-19)33-9-5-15-10-22(24,25)13-31(15)3/h11,15-16H,4-5,7-10,12-13H2,1-3H3/t15?,16-/m0/s1. The first-order chi connectivity index (χ1) is 15.7. The van der Waals surface area contributed by atoms with Gasteiger partial charge in [0.25, 0.3) is 5.92 Å². The molecular formula is C22H28F3N7O. The Hall–Kier alpha value is -2.71. The fraction of sp³-hybridized carbons (Fsp3) is 0.636. The second kappa shape index (κ2) is 9.27. The number of fused-ring (bicyclic) bond motifs is 1. The molecule has 2 aliphatic heterocycles. The van der Waals surface area contributed by atoms with Gasteiger partial charge in [-0.2, -0.15) is 15.2 Å². The van der Waals surface area contributed by atoms with E-state index in [1.165, 1.54) is 0 Å². The van der Waals surface area contributed by atoms with Gasteiger partial charge in [0, 0.05) is 44.3 Å². The van der Waals surface area contributed by atoms with Gasteiger partial charge in [0.15, 0.2) is 5.82 Å². The Morgan fingerprint density at radius 3 is 2.70 bits per heavy atom. The second-order valence-corrected chi connectivity index (χ2v) is 8.96. The Labute approximate surface area is 191 Å². The van der Waals surface area contributed by atoms with E-state index in [0.717, 1.165) is 6.54 Å². The molecule has 2 saturated heterocycles. The summed E-state index contributed by atoms with van der Waals surface area (Å²) in [5.41, 5.74) is 0.330. The topological polar surface area (TPSA) is 81.4 Å². The molecule has 0 N–H and O–H groups in total.